The van der Waals surface area contributed by atoms with Crippen LogP contribution in [0.25, 0.3) is 67.3 Å². The van der Waals surface area contributed by atoms with Gasteiger partial charge < -0.3 is 16.5 Å². The summed E-state index contributed by atoms with van der Waals surface area (Å²) < 4.78 is 0. The summed E-state index contributed by atoms with van der Waals surface area (Å²) in [7, 11) is 0. The lowest BCUT2D eigenvalue weighted by atomic mass is 9.72. The quantitative estimate of drug-likeness (QED) is 0.152. The molecule has 4 heterocycles. The van der Waals surface area contributed by atoms with E-state index in [1.54, 1.807) is 6.33 Å². The molecule has 0 bridgehead atoms. The van der Waals surface area contributed by atoms with Gasteiger partial charge in [0.25, 0.3) is 0 Å². The fourth-order valence-electron chi connectivity index (χ4n) is 9.85. The molecule has 0 amide bonds. The third-order valence-electron chi connectivity index (χ3n) is 13.8. The number of aromatic nitrogens is 6. The highest BCUT2D eigenvalue weighted by molar-refractivity contribution is 5.87. The molecule has 0 unspecified atom stereocenters. The standard InChI is InChI=1S/C27H26N4.C27H24N4/c1-17-29-24-13-12-23-22(26(24)30-17)16-21(18-6-3-2-4-7-18)25(31-23)19-8-10-20(11-9-19)27(28)14-5-15-27;28-27(13-4-14-27)21-10-7-19(8-11-21)26-22(18-5-2-1-3-6-18)15-23-24(31-26)12-9-20-16-29-17-30-25(20)23/h2-4,6-11,16H,5,12-15,28H2,1H3,(H,29,30);1-3,5-8,10-11,15-17H,4,9,12-14,28H2. The molecule has 0 aliphatic heterocycles. The minimum Gasteiger partial charge on any atom is -0.346 e. The normalized spacial score (nSPS) is 16.2. The Morgan fingerprint density at radius 2 is 1.00 bits per heavy atom. The number of nitrogens with zero attached hydrogens (tertiary/aromatic N) is 5. The van der Waals surface area contributed by atoms with Gasteiger partial charge in [-0.15, -0.1) is 0 Å². The number of nitrogens with two attached hydrogens (primary N) is 2. The Bertz CT molecular complexity index is 2930. The van der Waals surface area contributed by atoms with Gasteiger partial charge in [0.1, 0.15) is 12.2 Å². The smallest absolute Gasteiger partial charge is 0.116 e. The Morgan fingerprint density at radius 1 is 0.500 bits per heavy atom. The zero-order valence-corrected chi connectivity index (χ0v) is 35.2. The van der Waals surface area contributed by atoms with Crippen molar-refractivity contribution in [1.82, 2.24) is 29.9 Å². The van der Waals surface area contributed by atoms with Crippen LogP contribution in [0.3, 0.4) is 0 Å². The Morgan fingerprint density at radius 3 is 1.50 bits per heavy atom. The number of hydrogen-bond donors (Lipinski definition) is 3. The zero-order chi connectivity index (χ0) is 41.8. The van der Waals surface area contributed by atoms with Gasteiger partial charge >= 0.3 is 0 Å². The molecule has 2 saturated carbocycles. The number of imidazole rings is 1. The molecule has 0 saturated heterocycles. The van der Waals surface area contributed by atoms with E-state index in [2.05, 4.69) is 130 Å². The zero-order valence-electron chi connectivity index (χ0n) is 35.2. The molecule has 0 radical (unpaired) electrons. The van der Waals surface area contributed by atoms with E-state index in [4.69, 9.17) is 26.4 Å². The summed E-state index contributed by atoms with van der Waals surface area (Å²) in [5, 5.41) is 0. The Labute approximate surface area is 363 Å². The molecule has 2 fully saturated rings. The first kappa shape index (κ1) is 38.3. The molecule has 4 aromatic heterocycles. The lowest BCUT2D eigenvalue weighted by Gasteiger charge is -2.38. The van der Waals surface area contributed by atoms with Crippen LogP contribution in [0.5, 0.6) is 0 Å². The molecule has 62 heavy (non-hydrogen) atoms. The van der Waals surface area contributed by atoms with Crippen LogP contribution in [0.4, 0.5) is 0 Å². The Balaban J connectivity index is 0.000000139. The van der Waals surface area contributed by atoms with E-state index >= 15 is 0 Å². The minimum absolute atomic E-state index is 0.141. The average Bonchev–Trinajstić information content (AvgIpc) is 3.70. The summed E-state index contributed by atoms with van der Waals surface area (Å²) in [5.41, 5.74) is 33.2. The number of aromatic amines is 1. The fraction of sp³-hybridized carbons (Fsp3) is 0.241. The molecule has 0 spiro atoms. The molecule has 12 rings (SSSR count). The van der Waals surface area contributed by atoms with E-state index < -0.39 is 0 Å². The number of rotatable bonds is 6. The maximum atomic E-state index is 6.55. The fourth-order valence-corrected chi connectivity index (χ4v) is 9.85. The van der Waals surface area contributed by atoms with Crippen LogP contribution < -0.4 is 11.5 Å². The van der Waals surface area contributed by atoms with Crippen molar-refractivity contribution >= 4 is 0 Å². The van der Waals surface area contributed by atoms with E-state index in [-0.39, 0.29) is 11.1 Å². The molecule has 5 N–H and O–H groups in total. The second-order valence-electron chi connectivity index (χ2n) is 17.7. The van der Waals surface area contributed by atoms with Gasteiger partial charge in [-0.3, -0.25) is 9.97 Å². The first-order valence-corrected chi connectivity index (χ1v) is 22.2. The van der Waals surface area contributed by atoms with Crippen molar-refractivity contribution in [3.05, 3.63) is 173 Å². The van der Waals surface area contributed by atoms with Gasteiger partial charge in [0.2, 0.25) is 0 Å². The third-order valence-corrected chi connectivity index (χ3v) is 13.8. The van der Waals surface area contributed by atoms with Crippen LogP contribution >= 0.6 is 0 Å². The monoisotopic (exact) mass is 810 g/mol. The van der Waals surface area contributed by atoms with Gasteiger partial charge in [0.05, 0.1) is 34.2 Å². The first-order valence-electron chi connectivity index (χ1n) is 22.2. The lowest BCUT2D eigenvalue weighted by Crippen LogP contribution is -2.43. The predicted molar refractivity (Wildman–Crippen MR) is 248 cm³/mol. The highest BCUT2D eigenvalue weighted by Gasteiger charge is 2.35. The number of benzene rings is 4. The van der Waals surface area contributed by atoms with Crippen molar-refractivity contribution in [2.45, 2.75) is 82.2 Å². The Hall–Kier alpha value is -6.61. The number of H-pyrrole nitrogens is 1. The number of hydrogen-bond acceptors (Lipinski definition) is 7. The van der Waals surface area contributed by atoms with Gasteiger partial charge in [-0.05, 0) is 111 Å². The summed E-state index contributed by atoms with van der Waals surface area (Å²) in [6.45, 7) is 2.02. The summed E-state index contributed by atoms with van der Waals surface area (Å²) in [6.07, 6.45) is 14.0. The van der Waals surface area contributed by atoms with Crippen molar-refractivity contribution < 1.29 is 0 Å². The maximum absolute atomic E-state index is 6.55. The molecule has 0 atom stereocenters. The topological polar surface area (TPSA) is 132 Å². The van der Waals surface area contributed by atoms with Crippen LogP contribution in [-0.2, 0) is 36.8 Å². The van der Waals surface area contributed by atoms with Crippen LogP contribution in [-0.4, -0.2) is 29.9 Å². The molecule has 8 aromatic rings. The van der Waals surface area contributed by atoms with Crippen LogP contribution in [0.1, 0.15) is 78.1 Å². The molecule has 4 aromatic carbocycles. The van der Waals surface area contributed by atoms with Gasteiger partial charge in [0, 0.05) is 56.3 Å². The number of aryl methyl sites for hydroxylation is 5. The maximum Gasteiger partial charge on any atom is 0.116 e. The molecule has 8 heteroatoms. The van der Waals surface area contributed by atoms with Gasteiger partial charge in [-0.2, -0.15) is 0 Å². The van der Waals surface area contributed by atoms with E-state index in [9.17, 15) is 0 Å². The first-order chi connectivity index (χ1) is 30.3. The average molecular weight is 811 g/mol. The molecular formula is C54H50N8. The summed E-state index contributed by atoms with van der Waals surface area (Å²) in [6, 6.07) is 43.1. The van der Waals surface area contributed by atoms with Crippen LogP contribution in [0.15, 0.2) is 134 Å². The molecule has 4 aliphatic carbocycles. The second-order valence-corrected chi connectivity index (χ2v) is 17.7. The van der Waals surface area contributed by atoms with Gasteiger partial charge in [-0.25, -0.2) is 15.0 Å². The van der Waals surface area contributed by atoms with E-state index in [1.165, 1.54) is 40.8 Å². The lowest BCUT2D eigenvalue weighted by molar-refractivity contribution is 0.253. The number of fused-ring (bicyclic) bond motifs is 6. The molecule has 306 valence electrons. The van der Waals surface area contributed by atoms with Crippen molar-refractivity contribution in [3.63, 3.8) is 0 Å². The SMILES string of the molecule is Cc1nc2c([nH]1)CCc1nc(-c3ccc(C4(N)CCC4)cc3)c(-c3ccccc3)cc1-2.NC1(c2ccc(-c3nc4c(cc3-c3ccccc3)-c3ncncc3CC4)cc2)CCC1. The molecular weight excluding hydrogens is 761 g/mol. The molecule has 8 nitrogen and oxygen atoms in total. The van der Waals surface area contributed by atoms with Gasteiger partial charge in [0.15, 0.2) is 0 Å². The third kappa shape index (κ3) is 6.84. The van der Waals surface area contributed by atoms with Crippen molar-refractivity contribution in [2.75, 3.05) is 0 Å². The van der Waals surface area contributed by atoms with Crippen molar-refractivity contribution in [3.8, 4) is 67.3 Å². The predicted octanol–water partition coefficient (Wildman–Crippen LogP) is 10.9. The highest BCUT2D eigenvalue weighted by atomic mass is 14.9. The van der Waals surface area contributed by atoms with E-state index in [0.29, 0.717) is 0 Å². The second kappa shape index (κ2) is 15.4. The van der Waals surface area contributed by atoms with E-state index in [0.717, 1.165) is 130 Å². The minimum atomic E-state index is -0.145. The Kier molecular flexibility index (Phi) is 9.51. The van der Waals surface area contributed by atoms with Gasteiger partial charge in [-0.1, -0.05) is 109 Å². The highest BCUT2D eigenvalue weighted by Crippen LogP contribution is 2.44. The summed E-state index contributed by atoms with van der Waals surface area (Å²) in [5.74, 6) is 0.963. The van der Waals surface area contributed by atoms with Crippen LogP contribution in [0.2, 0.25) is 0 Å². The van der Waals surface area contributed by atoms with Crippen molar-refractivity contribution in [2.24, 2.45) is 11.5 Å². The largest absolute Gasteiger partial charge is 0.346 e. The summed E-state index contributed by atoms with van der Waals surface area (Å²) >= 11 is 0. The molecule has 4 aliphatic rings. The van der Waals surface area contributed by atoms with Crippen LogP contribution in [0, 0.1) is 6.92 Å². The number of nitrogens with one attached hydrogen (secondary N) is 1. The number of pyridine rings is 2. The summed E-state index contributed by atoms with van der Waals surface area (Å²) in [4.78, 5) is 27.4. The van der Waals surface area contributed by atoms with Crippen molar-refractivity contribution in [1.29, 1.82) is 0 Å². The van der Waals surface area contributed by atoms with E-state index in [1.807, 2.05) is 19.2 Å².